The molecule has 0 bridgehead atoms. The summed E-state index contributed by atoms with van der Waals surface area (Å²) in [5.41, 5.74) is 0.696. The molecule has 1 saturated heterocycles. The molecule has 3 heterocycles. The van der Waals surface area contributed by atoms with Crippen LogP contribution in [0.2, 0.25) is 0 Å². The molecule has 148 valence electrons. The highest BCUT2D eigenvalue weighted by Crippen LogP contribution is 2.22. The first-order chi connectivity index (χ1) is 13.4. The fourth-order valence-electron chi connectivity index (χ4n) is 3.06. The molecule has 2 N–H and O–H groups in total. The number of anilines is 1. The zero-order valence-corrected chi connectivity index (χ0v) is 16.4. The van der Waals surface area contributed by atoms with Crippen LogP contribution in [0.25, 0.3) is 0 Å². The lowest BCUT2D eigenvalue weighted by Crippen LogP contribution is -2.30. The molecule has 28 heavy (non-hydrogen) atoms. The van der Waals surface area contributed by atoms with Gasteiger partial charge in [-0.25, -0.2) is 13.4 Å². The van der Waals surface area contributed by atoms with Gasteiger partial charge in [-0.1, -0.05) is 0 Å². The van der Waals surface area contributed by atoms with E-state index in [-0.39, 0.29) is 16.5 Å². The van der Waals surface area contributed by atoms with Crippen molar-refractivity contribution < 1.29 is 13.2 Å². The monoisotopic (exact) mass is 402 g/mol. The summed E-state index contributed by atoms with van der Waals surface area (Å²) in [6.07, 6.45) is 4.76. The Hall–Kier alpha value is -2.90. The van der Waals surface area contributed by atoms with Gasteiger partial charge in [0, 0.05) is 45.6 Å². The molecule has 0 atom stereocenters. The number of rotatable bonds is 7. The van der Waals surface area contributed by atoms with Crippen molar-refractivity contribution in [3.63, 3.8) is 0 Å². The van der Waals surface area contributed by atoms with E-state index in [1.54, 1.807) is 25.4 Å². The number of aryl methyl sites for hydroxylation is 1. The summed E-state index contributed by atoms with van der Waals surface area (Å²) in [6, 6.07) is 6.78. The van der Waals surface area contributed by atoms with Gasteiger partial charge in [0.1, 0.15) is 22.5 Å². The molecule has 0 unspecified atom stereocenters. The molecule has 10 heteroatoms. The van der Waals surface area contributed by atoms with Crippen molar-refractivity contribution >= 4 is 21.7 Å². The van der Waals surface area contributed by atoms with Crippen LogP contribution in [-0.2, 0) is 17.1 Å². The fourth-order valence-corrected chi connectivity index (χ4v) is 4.65. The number of carbonyl (C=O) groups is 1. The van der Waals surface area contributed by atoms with Gasteiger partial charge in [-0.2, -0.15) is 9.57 Å². The van der Waals surface area contributed by atoms with Gasteiger partial charge >= 0.3 is 0 Å². The second-order valence-electron chi connectivity index (χ2n) is 6.48. The standard InChI is InChI=1S/C18H22N6O3S/c1-23-13-15(28(26,27)24-9-2-3-10-24)11-16(23)18(25)22-8-7-21-17-14(12-19)5-4-6-20-17/h4-6,11,13H,2-3,7-10H2,1H3,(H,20,21)(H,22,25). The minimum Gasteiger partial charge on any atom is -0.367 e. The SMILES string of the molecule is Cn1cc(S(=O)(=O)N2CCCC2)cc1C(=O)NCCNc1ncccc1C#N. The number of sulfonamides is 1. The van der Waals surface area contributed by atoms with E-state index in [0.29, 0.717) is 37.6 Å². The third-order valence-electron chi connectivity index (χ3n) is 4.55. The molecule has 0 spiro atoms. The van der Waals surface area contributed by atoms with Crippen molar-refractivity contribution in [2.75, 3.05) is 31.5 Å². The van der Waals surface area contributed by atoms with Gasteiger partial charge in [0.05, 0.1) is 5.56 Å². The largest absolute Gasteiger partial charge is 0.367 e. The fraction of sp³-hybridized carbons (Fsp3) is 0.389. The van der Waals surface area contributed by atoms with Gasteiger partial charge in [0.25, 0.3) is 5.91 Å². The van der Waals surface area contributed by atoms with Crippen LogP contribution in [0.1, 0.15) is 28.9 Å². The zero-order valence-electron chi connectivity index (χ0n) is 15.6. The number of aromatic nitrogens is 2. The van der Waals surface area contributed by atoms with E-state index in [0.717, 1.165) is 12.8 Å². The van der Waals surface area contributed by atoms with Gasteiger partial charge < -0.3 is 15.2 Å². The van der Waals surface area contributed by atoms with Gasteiger partial charge in [-0.15, -0.1) is 0 Å². The first-order valence-electron chi connectivity index (χ1n) is 8.97. The molecule has 1 aliphatic heterocycles. The number of carbonyl (C=O) groups excluding carboxylic acids is 1. The molecule has 0 aromatic carbocycles. The van der Waals surface area contributed by atoms with Crippen LogP contribution in [0.5, 0.6) is 0 Å². The van der Waals surface area contributed by atoms with E-state index in [1.807, 2.05) is 6.07 Å². The van der Waals surface area contributed by atoms with E-state index in [9.17, 15) is 13.2 Å². The number of nitrogens with zero attached hydrogens (tertiary/aromatic N) is 4. The van der Waals surface area contributed by atoms with E-state index in [2.05, 4.69) is 15.6 Å². The maximum Gasteiger partial charge on any atom is 0.268 e. The van der Waals surface area contributed by atoms with Crippen LogP contribution in [-0.4, -0.2) is 54.4 Å². The molecule has 9 nitrogen and oxygen atoms in total. The molecule has 3 rings (SSSR count). The summed E-state index contributed by atoms with van der Waals surface area (Å²) in [4.78, 5) is 16.6. The summed E-state index contributed by atoms with van der Waals surface area (Å²) < 4.78 is 28.2. The average Bonchev–Trinajstić information content (AvgIpc) is 3.36. The lowest BCUT2D eigenvalue weighted by Gasteiger charge is -2.13. The number of hydrogen-bond acceptors (Lipinski definition) is 6. The minimum atomic E-state index is -3.56. The van der Waals surface area contributed by atoms with E-state index in [1.165, 1.54) is 21.1 Å². The lowest BCUT2D eigenvalue weighted by molar-refractivity contribution is 0.0947. The Bertz CT molecular complexity index is 1000. The lowest BCUT2D eigenvalue weighted by atomic mass is 10.3. The molecule has 1 fully saturated rings. The van der Waals surface area contributed by atoms with Crippen LogP contribution in [0.15, 0.2) is 35.5 Å². The molecule has 1 aliphatic rings. The maximum absolute atomic E-state index is 12.6. The first kappa shape index (κ1) is 19.9. The quantitative estimate of drug-likeness (QED) is 0.665. The van der Waals surface area contributed by atoms with Crippen molar-refractivity contribution in [1.29, 1.82) is 5.26 Å². The van der Waals surface area contributed by atoms with Gasteiger partial charge in [-0.05, 0) is 31.0 Å². The van der Waals surface area contributed by atoms with Gasteiger partial charge in [0.2, 0.25) is 10.0 Å². The van der Waals surface area contributed by atoms with Crippen LogP contribution >= 0.6 is 0 Å². The van der Waals surface area contributed by atoms with Crippen molar-refractivity contribution in [3.05, 3.63) is 41.9 Å². The summed E-state index contributed by atoms with van der Waals surface area (Å²) in [5.74, 6) is 0.0887. The molecular weight excluding hydrogens is 380 g/mol. The molecule has 1 amide bonds. The second-order valence-corrected chi connectivity index (χ2v) is 8.42. The maximum atomic E-state index is 12.6. The Morgan fingerprint density at radius 3 is 2.79 bits per heavy atom. The third-order valence-corrected chi connectivity index (χ3v) is 6.41. The third kappa shape index (κ3) is 4.16. The number of nitriles is 1. The normalized spacial score (nSPS) is 14.6. The summed E-state index contributed by atoms with van der Waals surface area (Å²) in [7, 11) is -1.92. The van der Waals surface area contributed by atoms with Crippen LogP contribution in [0.3, 0.4) is 0 Å². The zero-order chi connectivity index (χ0) is 20.1. The number of hydrogen-bond donors (Lipinski definition) is 2. The first-order valence-corrected chi connectivity index (χ1v) is 10.4. The minimum absolute atomic E-state index is 0.132. The molecule has 0 radical (unpaired) electrons. The average molecular weight is 402 g/mol. The van der Waals surface area contributed by atoms with Crippen LogP contribution < -0.4 is 10.6 Å². The van der Waals surface area contributed by atoms with E-state index in [4.69, 9.17) is 5.26 Å². The van der Waals surface area contributed by atoms with Gasteiger partial charge in [-0.3, -0.25) is 4.79 Å². The van der Waals surface area contributed by atoms with E-state index < -0.39 is 10.0 Å². The highest BCUT2D eigenvalue weighted by Gasteiger charge is 2.29. The number of nitrogens with one attached hydrogen (secondary N) is 2. The Morgan fingerprint density at radius 2 is 2.07 bits per heavy atom. The Balaban J connectivity index is 1.59. The Labute approximate surface area is 164 Å². The second kappa shape index (κ2) is 8.41. The summed E-state index contributed by atoms with van der Waals surface area (Å²) >= 11 is 0. The van der Waals surface area contributed by atoms with Gasteiger partial charge in [0.15, 0.2) is 0 Å². The van der Waals surface area contributed by atoms with Crippen molar-refractivity contribution in [1.82, 2.24) is 19.2 Å². The van der Waals surface area contributed by atoms with Crippen molar-refractivity contribution in [2.45, 2.75) is 17.7 Å². The van der Waals surface area contributed by atoms with Crippen LogP contribution in [0, 0.1) is 11.3 Å². The predicted molar refractivity (Wildman–Crippen MR) is 103 cm³/mol. The number of amides is 1. The highest BCUT2D eigenvalue weighted by molar-refractivity contribution is 7.89. The van der Waals surface area contributed by atoms with E-state index >= 15 is 0 Å². The summed E-state index contributed by atoms with van der Waals surface area (Å²) in [5, 5.41) is 14.8. The topological polar surface area (TPSA) is 120 Å². The molecule has 0 aliphatic carbocycles. The highest BCUT2D eigenvalue weighted by atomic mass is 32.2. The Morgan fingerprint density at radius 1 is 1.32 bits per heavy atom. The smallest absolute Gasteiger partial charge is 0.268 e. The van der Waals surface area contributed by atoms with Crippen molar-refractivity contribution in [3.8, 4) is 6.07 Å². The van der Waals surface area contributed by atoms with Crippen LogP contribution in [0.4, 0.5) is 5.82 Å². The summed E-state index contributed by atoms with van der Waals surface area (Å²) in [6.45, 7) is 1.70. The number of pyridine rings is 1. The molecule has 2 aromatic rings. The van der Waals surface area contributed by atoms with Crippen molar-refractivity contribution in [2.24, 2.45) is 7.05 Å². The predicted octanol–water partition coefficient (Wildman–Crippen LogP) is 0.918. The molecular formula is C18H22N6O3S. The molecule has 2 aromatic heterocycles. The molecule has 0 saturated carbocycles. The Kier molecular flexibility index (Phi) is 5.96.